The van der Waals surface area contributed by atoms with Crippen molar-refractivity contribution in [2.75, 3.05) is 14.2 Å². The zero-order valence-corrected chi connectivity index (χ0v) is 12.0. The molecule has 116 valence electrons. The van der Waals surface area contributed by atoms with Crippen molar-refractivity contribution in [1.29, 1.82) is 0 Å². The number of rotatable bonds is 4. The highest BCUT2D eigenvalue weighted by atomic mass is 16.7. The van der Waals surface area contributed by atoms with Crippen molar-refractivity contribution in [1.82, 2.24) is 0 Å². The third-order valence-electron chi connectivity index (χ3n) is 3.72. The van der Waals surface area contributed by atoms with E-state index in [1.165, 1.54) is 32.4 Å². The number of nitro benzene ring substituents is 1. The molecule has 0 radical (unpaired) electrons. The molecule has 1 aliphatic rings. The molecule has 0 aromatic heterocycles. The van der Waals surface area contributed by atoms with Crippen LogP contribution in [0.15, 0.2) is 18.2 Å². The summed E-state index contributed by atoms with van der Waals surface area (Å²) < 4.78 is 16.1. The molecule has 2 rings (SSSR count). The fourth-order valence-electron chi connectivity index (χ4n) is 2.58. The summed E-state index contributed by atoms with van der Waals surface area (Å²) in [5.74, 6) is 0.361. The van der Waals surface area contributed by atoms with E-state index in [1.807, 2.05) is 0 Å². The molecule has 1 heterocycles. The first-order chi connectivity index (χ1) is 9.85. The highest BCUT2D eigenvalue weighted by molar-refractivity contribution is 5.48. The Morgan fingerprint density at radius 1 is 1.48 bits per heavy atom. The Bertz CT molecular complexity index is 547. The summed E-state index contributed by atoms with van der Waals surface area (Å²) >= 11 is 0. The number of ether oxygens (including phenoxy) is 3. The van der Waals surface area contributed by atoms with Crippen LogP contribution >= 0.6 is 0 Å². The van der Waals surface area contributed by atoms with Crippen LogP contribution in [0.25, 0.3) is 0 Å². The molecule has 0 saturated carbocycles. The molecule has 0 aliphatic carbocycles. The van der Waals surface area contributed by atoms with Gasteiger partial charge in [0.1, 0.15) is 11.9 Å². The molecule has 1 aromatic rings. The monoisotopic (exact) mass is 298 g/mol. The van der Waals surface area contributed by atoms with Gasteiger partial charge >= 0.3 is 0 Å². The number of nitrogens with two attached hydrogens (primary N) is 1. The first kappa shape index (κ1) is 15.6. The van der Waals surface area contributed by atoms with Gasteiger partial charge in [-0.25, -0.2) is 0 Å². The summed E-state index contributed by atoms with van der Waals surface area (Å²) in [5, 5.41) is 21.3. The lowest BCUT2D eigenvalue weighted by Gasteiger charge is -2.45. The number of hydrogen-bond donors (Lipinski definition) is 2. The largest absolute Gasteiger partial charge is 0.479 e. The van der Waals surface area contributed by atoms with E-state index in [-0.39, 0.29) is 5.69 Å². The first-order valence-electron chi connectivity index (χ1n) is 6.31. The van der Waals surface area contributed by atoms with Gasteiger partial charge in [0.15, 0.2) is 11.9 Å². The maximum Gasteiger partial charge on any atom is 0.270 e. The molecule has 0 unspecified atom stereocenters. The van der Waals surface area contributed by atoms with Crippen molar-refractivity contribution in [3.63, 3.8) is 0 Å². The van der Waals surface area contributed by atoms with Crippen LogP contribution < -0.4 is 10.5 Å². The Hall–Kier alpha value is -1.74. The van der Waals surface area contributed by atoms with E-state index in [1.54, 1.807) is 6.92 Å². The lowest BCUT2D eigenvalue weighted by molar-refractivity contribution is -0.385. The van der Waals surface area contributed by atoms with Crippen molar-refractivity contribution in [2.24, 2.45) is 5.73 Å². The average molecular weight is 298 g/mol. The molecule has 0 bridgehead atoms. The Balaban J connectivity index is 2.47. The Morgan fingerprint density at radius 2 is 2.10 bits per heavy atom. The van der Waals surface area contributed by atoms with Crippen molar-refractivity contribution in [3.8, 4) is 5.75 Å². The number of aliphatic hydroxyl groups is 1. The fraction of sp³-hybridized carbons (Fsp3) is 0.538. The summed E-state index contributed by atoms with van der Waals surface area (Å²) in [5.41, 5.74) is 5.05. The van der Waals surface area contributed by atoms with Gasteiger partial charge in [-0.2, -0.15) is 0 Å². The third kappa shape index (κ3) is 2.46. The first-order valence-corrected chi connectivity index (χ1v) is 6.31. The number of nitro groups is 1. The van der Waals surface area contributed by atoms with Gasteiger partial charge in [-0.15, -0.1) is 0 Å². The molecule has 3 atom stereocenters. The lowest BCUT2D eigenvalue weighted by Crippen LogP contribution is -2.61. The number of non-ortho nitro benzene ring substituents is 1. The zero-order valence-electron chi connectivity index (χ0n) is 12.0. The molecule has 0 saturated heterocycles. The molecule has 0 spiro atoms. The predicted octanol–water partition coefficient (Wildman–Crippen LogP) is 0.725. The van der Waals surface area contributed by atoms with Crippen LogP contribution in [-0.4, -0.2) is 42.2 Å². The highest BCUT2D eigenvalue weighted by Gasteiger charge is 2.51. The smallest absolute Gasteiger partial charge is 0.270 e. The van der Waals surface area contributed by atoms with E-state index < -0.39 is 29.0 Å². The van der Waals surface area contributed by atoms with Crippen LogP contribution in [0.2, 0.25) is 0 Å². The molecule has 0 fully saturated rings. The second-order valence-electron chi connectivity index (χ2n) is 5.04. The minimum absolute atomic E-state index is 0.112. The van der Waals surface area contributed by atoms with Crippen LogP contribution in [0.3, 0.4) is 0 Å². The van der Waals surface area contributed by atoms with Gasteiger partial charge in [0.25, 0.3) is 5.69 Å². The van der Waals surface area contributed by atoms with Crippen LogP contribution in [-0.2, 0) is 9.47 Å². The normalized spacial score (nSPS) is 28.1. The van der Waals surface area contributed by atoms with Crippen LogP contribution in [0.1, 0.15) is 18.5 Å². The molecular formula is C13H18N2O6. The van der Waals surface area contributed by atoms with Crippen LogP contribution in [0, 0.1) is 10.1 Å². The number of nitrogens with zero attached hydrogens (tertiary/aromatic N) is 1. The second-order valence-corrected chi connectivity index (χ2v) is 5.04. The number of benzene rings is 1. The molecule has 21 heavy (non-hydrogen) atoms. The van der Waals surface area contributed by atoms with Gasteiger partial charge in [0, 0.05) is 31.9 Å². The summed E-state index contributed by atoms with van der Waals surface area (Å²) in [6.45, 7) is 1.61. The van der Waals surface area contributed by atoms with E-state index in [4.69, 9.17) is 19.9 Å². The number of aliphatic hydroxyl groups excluding tert-OH is 1. The Morgan fingerprint density at radius 3 is 2.62 bits per heavy atom. The molecule has 8 nitrogen and oxygen atoms in total. The Kier molecular flexibility index (Phi) is 4.15. The SMILES string of the molecule is COC(OC)[C@]1(C)Oc2ccc([N+](=O)[O-])cc2[C@H](N)[C@H]1O. The standard InChI is InChI=1S/C13H18N2O6/c1-13(12(19-2)20-3)11(16)10(14)8-6-7(15(17)18)4-5-9(8)21-13/h4-6,10-12,16H,14H2,1-3H3/t10-,11+,13+/m0/s1. The zero-order chi connectivity index (χ0) is 15.8. The Labute approximate surface area is 121 Å². The quantitative estimate of drug-likeness (QED) is 0.478. The van der Waals surface area contributed by atoms with E-state index in [9.17, 15) is 15.2 Å². The van der Waals surface area contributed by atoms with Crippen molar-refractivity contribution in [2.45, 2.75) is 31.0 Å². The molecule has 3 N–H and O–H groups in total. The lowest BCUT2D eigenvalue weighted by atomic mass is 9.85. The van der Waals surface area contributed by atoms with E-state index >= 15 is 0 Å². The van der Waals surface area contributed by atoms with Crippen molar-refractivity contribution >= 4 is 5.69 Å². The van der Waals surface area contributed by atoms with Crippen molar-refractivity contribution in [3.05, 3.63) is 33.9 Å². The van der Waals surface area contributed by atoms with Gasteiger partial charge in [-0.05, 0) is 13.0 Å². The highest BCUT2D eigenvalue weighted by Crippen LogP contribution is 2.42. The van der Waals surface area contributed by atoms with Gasteiger partial charge in [-0.1, -0.05) is 0 Å². The van der Waals surface area contributed by atoms with Gasteiger partial charge in [-0.3, -0.25) is 10.1 Å². The molecule has 1 aliphatic heterocycles. The van der Waals surface area contributed by atoms with E-state index in [0.29, 0.717) is 11.3 Å². The van der Waals surface area contributed by atoms with E-state index in [0.717, 1.165) is 0 Å². The van der Waals surface area contributed by atoms with Gasteiger partial charge in [0.2, 0.25) is 0 Å². The topological polar surface area (TPSA) is 117 Å². The van der Waals surface area contributed by atoms with Crippen molar-refractivity contribution < 1.29 is 24.2 Å². The molecular weight excluding hydrogens is 280 g/mol. The van der Waals surface area contributed by atoms with Crippen LogP contribution in [0.4, 0.5) is 5.69 Å². The minimum Gasteiger partial charge on any atom is -0.479 e. The van der Waals surface area contributed by atoms with Gasteiger partial charge in [0.05, 0.1) is 11.0 Å². The third-order valence-corrected chi connectivity index (χ3v) is 3.72. The predicted molar refractivity (Wildman–Crippen MR) is 72.9 cm³/mol. The molecule has 0 amide bonds. The summed E-state index contributed by atoms with van der Waals surface area (Å²) in [6, 6.07) is 3.22. The summed E-state index contributed by atoms with van der Waals surface area (Å²) in [7, 11) is 2.85. The number of methoxy groups -OCH3 is 2. The average Bonchev–Trinajstić information content (AvgIpc) is 2.45. The summed E-state index contributed by atoms with van der Waals surface area (Å²) in [4.78, 5) is 10.3. The molecule has 8 heteroatoms. The maximum absolute atomic E-state index is 10.8. The fourth-order valence-corrected chi connectivity index (χ4v) is 2.58. The maximum atomic E-state index is 10.8. The second kappa shape index (κ2) is 5.57. The number of hydrogen-bond acceptors (Lipinski definition) is 7. The number of fused-ring (bicyclic) bond motifs is 1. The minimum atomic E-state index is -1.23. The summed E-state index contributed by atoms with van der Waals surface area (Å²) in [6.07, 6.45) is -2.00. The molecule has 1 aromatic carbocycles. The van der Waals surface area contributed by atoms with Gasteiger partial charge < -0.3 is 25.1 Å². The van der Waals surface area contributed by atoms with E-state index in [2.05, 4.69) is 0 Å². The van der Waals surface area contributed by atoms with Crippen LogP contribution in [0.5, 0.6) is 5.75 Å².